The van der Waals surface area contributed by atoms with E-state index < -0.39 is 0 Å². The van der Waals surface area contributed by atoms with Crippen molar-refractivity contribution >= 4 is 5.91 Å². The minimum atomic E-state index is -0.231. The maximum Gasteiger partial charge on any atom is 0.239 e. The van der Waals surface area contributed by atoms with Gasteiger partial charge in [0.2, 0.25) is 18.3 Å². The summed E-state index contributed by atoms with van der Waals surface area (Å²) in [6.45, 7) is 0.506. The summed E-state index contributed by atoms with van der Waals surface area (Å²) in [6.07, 6.45) is 3.97. The molecule has 8 heteroatoms. The molecule has 0 bridgehead atoms. The molecule has 0 aliphatic carbocycles. The molecule has 8 nitrogen and oxygen atoms in total. The first-order chi connectivity index (χ1) is 8.67. The highest BCUT2D eigenvalue weighted by Crippen LogP contribution is 1.96. The van der Waals surface area contributed by atoms with E-state index >= 15 is 0 Å². The van der Waals surface area contributed by atoms with Crippen LogP contribution in [0.1, 0.15) is 11.4 Å². The summed E-state index contributed by atoms with van der Waals surface area (Å²) in [4.78, 5) is 12.6. The molecule has 0 spiro atoms. The molecule has 0 saturated heterocycles. The summed E-state index contributed by atoms with van der Waals surface area (Å²) >= 11 is 0. The smallest absolute Gasteiger partial charge is 0.239 e. The van der Waals surface area contributed by atoms with Gasteiger partial charge in [-0.15, -0.1) is 10.2 Å². The summed E-state index contributed by atoms with van der Waals surface area (Å²) < 4.78 is 1.89. The van der Waals surface area contributed by atoms with Crippen LogP contribution in [0.2, 0.25) is 0 Å². The number of hydrogen-bond acceptors (Lipinski definition) is 5. The highest BCUT2D eigenvalue weighted by Gasteiger charge is 2.10. The van der Waals surface area contributed by atoms with Crippen LogP contribution in [-0.2, 0) is 24.8 Å². The predicted octanol–water partition coefficient (Wildman–Crippen LogP) is -1.92. The van der Waals surface area contributed by atoms with Crippen LogP contribution in [-0.4, -0.2) is 26.1 Å². The van der Waals surface area contributed by atoms with E-state index in [1.807, 2.05) is 29.1 Å². The molecule has 2 rings (SSSR count). The van der Waals surface area contributed by atoms with Gasteiger partial charge in [0.25, 0.3) is 0 Å². The average molecular weight is 248 g/mol. The third-order valence-electron chi connectivity index (χ3n) is 2.32. The molecule has 2 heterocycles. The van der Waals surface area contributed by atoms with Gasteiger partial charge in [0, 0.05) is 11.6 Å². The van der Waals surface area contributed by atoms with Crippen molar-refractivity contribution in [1.82, 2.24) is 25.6 Å². The molecule has 94 valence electrons. The third kappa shape index (κ3) is 3.08. The molecule has 0 fully saturated rings. The summed E-state index contributed by atoms with van der Waals surface area (Å²) in [6, 6.07) is 3.71. The zero-order valence-corrected chi connectivity index (χ0v) is 9.95. The second-order valence-electron chi connectivity index (χ2n) is 3.82. The van der Waals surface area contributed by atoms with Crippen LogP contribution in [0.5, 0.6) is 0 Å². The maximum atomic E-state index is 11.2. The van der Waals surface area contributed by atoms with E-state index in [9.17, 15) is 4.79 Å². The topological polar surface area (TPSA) is 103 Å². The Labute approximate surface area is 103 Å². The minimum absolute atomic E-state index is 0.231. The fraction of sp³-hybridized carbons (Fsp3) is 0.300. The molecule has 0 saturated carbocycles. The number of nitrogens with zero attached hydrogens (tertiary/aromatic N) is 5. The molecule has 0 atom stereocenters. The van der Waals surface area contributed by atoms with Gasteiger partial charge in [-0.05, 0) is 11.3 Å². The number of tetrazole rings is 1. The lowest BCUT2D eigenvalue weighted by Gasteiger charge is -1.99. The third-order valence-corrected chi connectivity index (χ3v) is 2.32. The Bertz CT molecular complexity index is 551. The Balaban J connectivity index is 2.09. The van der Waals surface area contributed by atoms with Crippen molar-refractivity contribution in [3.05, 3.63) is 35.9 Å². The van der Waals surface area contributed by atoms with Gasteiger partial charge in [0.1, 0.15) is 0 Å². The molecular formula is C10H14N7O+. The number of aryl methyl sites for hydroxylation is 1. The number of amides is 1. The average Bonchev–Trinajstić information content (AvgIpc) is 2.75. The molecule has 1 amide bonds. The van der Waals surface area contributed by atoms with Crippen molar-refractivity contribution in [2.24, 2.45) is 12.9 Å². The van der Waals surface area contributed by atoms with Gasteiger partial charge in [-0.1, -0.05) is 0 Å². The standard InChI is InChI=1S/C10H13N7O/c1-16-14-9(13-15-16)7-17-4-2-3-8(6-17)5-10(18)12-11/h2-4,6H,5,7H2,1H3,(H2-,11,12,13,14,15,18)/p+1. The van der Waals surface area contributed by atoms with E-state index in [2.05, 4.69) is 20.8 Å². The lowest BCUT2D eigenvalue weighted by atomic mass is 10.2. The number of carbonyl (C=O) groups excluding carboxylic acids is 1. The summed E-state index contributed by atoms with van der Waals surface area (Å²) in [5, 5.41) is 11.7. The zero-order valence-electron chi connectivity index (χ0n) is 9.95. The quantitative estimate of drug-likeness (QED) is 0.284. The largest absolute Gasteiger partial charge is 0.294 e. The van der Waals surface area contributed by atoms with Crippen molar-refractivity contribution in [3.63, 3.8) is 0 Å². The number of rotatable bonds is 4. The molecule has 0 radical (unpaired) electrons. The molecule has 0 aliphatic rings. The van der Waals surface area contributed by atoms with Crippen LogP contribution in [0, 0.1) is 0 Å². The van der Waals surface area contributed by atoms with E-state index in [4.69, 9.17) is 5.84 Å². The van der Waals surface area contributed by atoms with Crippen LogP contribution in [0.25, 0.3) is 0 Å². The van der Waals surface area contributed by atoms with Crippen molar-refractivity contribution in [1.29, 1.82) is 0 Å². The molecule has 18 heavy (non-hydrogen) atoms. The Morgan fingerprint density at radius 2 is 2.44 bits per heavy atom. The number of hydrazine groups is 1. The van der Waals surface area contributed by atoms with Gasteiger partial charge in [0.05, 0.1) is 13.5 Å². The molecule has 2 aromatic heterocycles. The fourth-order valence-electron chi connectivity index (χ4n) is 1.57. The van der Waals surface area contributed by atoms with Gasteiger partial charge in [-0.3, -0.25) is 10.2 Å². The monoisotopic (exact) mass is 248 g/mol. The normalized spacial score (nSPS) is 10.3. The summed E-state index contributed by atoms with van der Waals surface area (Å²) in [5.74, 6) is 5.43. The molecule has 0 unspecified atom stereocenters. The maximum absolute atomic E-state index is 11.2. The van der Waals surface area contributed by atoms with E-state index in [1.165, 1.54) is 4.80 Å². The Kier molecular flexibility index (Phi) is 3.58. The summed E-state index contributed by atoms with van der Waals surface area (Å²) in [5.41, 5.74) is 2.96. The number of aromatic nitrogens is 5. The van der Waals surface area contributed by atoms with Crippen LogP contribution >= 0.6 is 0 Å². The minimum Gasteiger partial charge on any atom is -0.294 e. The van der Waals surface area contributed by atoms with Crippen molar-refractivity contribution in [3.8, 4) is 0 Å². The second kappa shape index (κ2) is 5.32. The first-order valence-corrected chi connectivity index (χ1v) is 5.37. The second-order valence-corrected chi connectivity index (χ2v) is 3.82. The van der Waals surface area contributed by atoms with Gasteiger partial charge in [-0.25, -0.2) is 5.84 Å². The van der Waals surface area contributed by atoms with Crippen molar-refractivity contribution in [2.45, 2.75) is 13.0 Å². The molecule has 2 aromatic rings. The van der Waals surface area contributed by atoms with Crippen LogP contribution in [0.4, 0.5) is 0 Å². The lowest BCUT2D eigenvalue weighted by Crippen LogP contribution is -2.36. The van der Waals surface area contributed by atoms with Gasteiger partial charge >= 0.3 is 0 Å². The van der Waals surface area contributed by atoms with Gasteiger partial charge in [-0.2, -0.15) is 9.36 Å². The Hall–Kier alpha value is -2.35. The lowest BCUT2D eigenvalue weighted by molar-refractivity contribution is -0.689. The molecular weight excluding hydrogens is 234 g/mol. The van der Waals surface area contributed by atoms with Gasteiger partial charge < -0.3 is 0 Å². The van der Waals surface area contributed by atoms with E-state index in [1.54, 1.807) is 7.05 Å². The van der Waals surface area contributed by atoms with E-state index in [0.29, 0.717) is 12.4 Å². The first-order valence-electron chi connectivity index (χ1n) is 5.37. The Morgan fingerprint density at radius 1 is 1.61 bits per heavy atom. The fourth-order valence-corrected chi connectivity index (χ4v) is 1.57. The predicted molar refractivity (Wildman–Crippen MR) is 60.6 cm³/mol. The number of carbonyl (C=O) groups is 1. The molecule has 3 N–H and O–H groups in total. The number of nitrogens with one attached hydrogen (secondary N) is 1. The van der Waals surface area contributed by atoms with Crippen molar-refractivity contribution in [2.75, 3.05) is 0 Å². The number of hydrogen-bond donors (Lipinski definition) is 2. The van der Waals surface area contributed by atoms with Crippen LogP contribution in [0.15, 0.2) is 24.5 Å². The first kappa shape index (κ1) is 12.1. The highest BCUT2D eigenvalue weighted by molar-refractivity contribution is 5.77. The van der Waals surface area contributed by atoms with Gasteiger partial charge in [0.15, 0.2) is 12.4 Å². The Morgan fingerprint density at radius 3 is 3.11 bits per heavy atom. The molecule has 0 aliphatic heterocycles. The summed E-state index contributed by atoms with van der Waals surface area (Å²) in [7, 11) is 1.71. The number of nitrogens with two attached hydrogens (primary N) is 1. The molecule has 0 aromatic carbocycles. The van der Waals surface area contributed by atoms with Crippen molar-refractivity contribution < 1.29 is 9.36 Å². The van der Waals surface area contributed by atoms with E-state index in [-0.39, 0.29) is 12.3 Å². The van der Waals surface area contributed by atoms with Crippen LogP contribution in [0.3, 0.4) is 0 Å². The zero-order chi connectivity index (χ0) is 13.0. The highest BCUT2D eigenvalue weighted by atomic mass is 16.2. The SMILES string of the molecule is Cn1nnc(C[n+]2cccc(CC(=O)NN)c2)n1. The van der Waals surface area contributed by atoms with E-state index in [0.717, 1.165) is 5.56 Å². The number of pyridine rings is 1. The van der Waals surface area contributed by atoms with Crippen LogP contribution < -0.4 is 15.8 Å².